The molecule has 1 N–H and O–H groups in total. The van der Waals surface area contributed by atoms with Crippen molar-refractivity contribution >= 4 is 12.4 Å². The number of nitrogens with zero attached hydrogens (tertiary/aromatic N) is 1. The number of piperidine rings is 1. The lowest BCUT2D eigenvalue weighted by Crippen LogP contribution is -2.30. The number of halogens is 4. The van der Waals surface area contributed by atoms with Crippen LogP contribution < -0.4 is 10.1 Å². The molecule has 0 aliphatic carbocycles. The van der Waals surface area contributed by atoms with Crippen molar-refractivity contribution in [2.24, 2.45) is 5.92 Å². The minimum Gasteiger partial charge on any atom is -0.491 e. The van der Waals surface area contributed by atoms with Crippen LogP contribution in [0.2, 0.25) is 0 Å². The molecule has 0 saturated carbocycles. The topological polar surface area (TPSA) is 34.1 Å². The van der Waals surface area contributed by atoms with E-state index in [4.69, 9.17) is 4.74 Å². The number of aromatic nitrogens is 1. The van der Waals surface area contributed by atoms with Gasteiger partial charge >= 0.3 is 6.18 Å². The Morgan fingerprint density at radius 2 is 2.00 bits per heavy atom. The maximum Gasteiger partial charge on any atom is 0.420 e. The average Bonchev–Trinajstić information content (AvgIpc) is 2.37. The Morgan fingerprint density at radius 3 is 2.63 bits per heavy atom. The summed E-state index contributed by atoms with van der Waals surface area (Å²) in [6.45, 7) is 2.11. The van der Waals surface area contributed by atoms with E-state index in [9.17, 15) is 13.2 Å². The van der Waals surface area contributed by atoms with Crippen molar-refractivity contribution in [2.75, 3.05) is 19.7 Å². The monoisotopic (exact) mass is 296 g/mol. The number of nitrogens with one attached hydrogen (secondary N) is 1. The lowest BCUT2D eigenvalue weighted by atomic mass is 9.99. The summed E-state index contributed by atoms with van der Waals surface area (Å²) in [7, 11) is 0. The Bertz CT molecular complexity index is 395. The third-order valence-corrected chi connectivity index (χ3v) is 3.02. The molecule has 0 atom stereocenters. The highest BCUT2D eigenvalue weighted by molar-refractivity contribution is 5.85. The highest BCUT2D eigenvalue weighted by atomic mass is 35.5. The molecule has 1 aliphatic rings. The zero-order valence-corrected chi connectivity index (χ0v) is 11.1. The fourth-order valence-electron chi connectivity index (χ4n) is 1.99. The summed E-state index contributed by atoms with van der Waals surface area (Å²) in [6.07, 6.45) is -0.278. The van der Waals surface area contributed by atoms with E-state index in [1.165, 1.54) is 0 Å². The molecule has 0 spiro atoms. The van der Waals surface area contributed by atoms with E-state index in [0.29, 0.717) is 12.5 Å². The lowest BCUT2D eigenvalue weighted by molar-refractivity contribution is -0.139. The summed E-state index contributed by atoms with van der Waals surface area (Å²) < 4.78 is 43.4. The van der Waals surface area contributed by atoms with E-state index in [-0.39, 0.29) is 18.2 Å². The second-order valence-electron chi connectivity index (χ2n) is 4.37. The van der Waals surface area contributed by atoms with Gasteiger partial charge < -0.3 is 10.1 Å². The van der Waals surface area contributed by atoms with E-state index in [2.05, 4.69) is 10.3 Å². The van der Waals surface area contributed by atoms with Gasteiger partial charge in [-0.15, -0.1) is 12.4 Å². The molecule has 1 aromatic heterocycles. The summed E-state index contributed by atoms with van der Waals surface area (Å²) in [5.74, 6) is 0.135. The number of hydrogen-bond donors (Lipinski definition) is 1. The average molecular weight is 297 g/mol. The van der Waals surface area contributed by atoms with Crippen LogP contribution in [0.25, 0.3) is 0 Å². The van der Waals surface area contributed by atoms with E-state index in [1.807, 2.05) is 0 Å². The second kappa shape index (κ2) is 6.96. The molecular formula is C12H16ClF3N2O. The largest absolute Gasteiger partial charge is 0.491 e. The fourth-order valence-corrected chi connectivity index (χ4v) is 1.99. The summed E-state index contributed by atoms with van der Waals surface area (Å²) >= 11 is 0. The second-order valence-corrected chi connectivity index (χ2v) is 4.37. The summed E-state index contributed by atoms with van der Waals surface area (Å²) in [6, 6.07) is 0.942. The molecule has 0 radical (unpaired) electrons. The molecule has 0 amide bonds. The molecule has 108 valence electrons. The van der Waals surface area contributed by atoms with Gasteiger partial charge in [0.05, 0.1) is 12.8 Å². The zero-order chi connectivity index (χ0) is 13.0. The third kappa shape index (κ3) is 4.54. The first-order chi connectivity index (χ1) is 8.57. The highest BCUT2D eigenvalue weighted by Crippen LogP contribution is 2.35. The van der Waals surface area contributed by atoms with Crippen molar-refractivity contribution in [1.29, 1.82) is 0 Å². The van der Waals surface area contributed by atoms with Gasteiger partial charge in [-0.3, -0.25) is 4.98 Å². The van der Waals surface area contributed by atoms with Crippen LogP contribution in [-0.4, -0.2) is 24.7 Å². The summed E-state index contributed by atoms with van der Waals surface area (Å²) in [5, 5.41) is 3.20. The Hall–Kier alpha value is -1.01. The van der Waals surface area contributed by atoms with Crippen molar-refractivity contribution in [1.82, 2.24) is 10.3 Å². The number of pyridine rings is 1. The van der Waals surface area contributed by atoms with Crippen LogP contribution >= 0.6 is 12.4 Å². The smallest absolute Gasteiger partial charge is 0.420 e. The van der Waals surface area contributed by atoms with E-state index in [1.54, 1.807) is 0 Å². The molecule has 0 unspecified atom stereocenters. The first-order valence-corrected chi connectivity index (χ1v) is 5.92. The van der Waals surface area contributed by atoms with Crippen molar-refractivity contribution < 1.29 is 17.9 Å². The van der Waals surface area contributed by atoms with Gasteiger partial charge in [0.25, 0.3) is 0 Å². The fraction of sp³-hybridized carbons (Fsp3) is 0.583. The van der Waals surface area contributed by atoms with Gasteiger partial charge in [-0.1, -0.05) is 0 Å². The zero-order valence-electron chi connectivity index (χ0n) is 10.2. The van der Waals surface area contributed by atoms with Gasteiger partial charge in [-0.25, -0.2) is 0 Å². The van der Waals surface area contributed by atoms with Gasteiger partial charge in [0.15, 0.2) is 0 Å². The Balaban J connectivity index is 0.00000180. The molecule has 0 aromatic carbocycles. The highest BCUT2D eigenvalue weighted by Gasteiger charge is 2.34. The van der Waals surface area contributed by atoms with Crippen molar-refractivity contribution in [3.63, 3.8) is 0 Å². The van der Waals surface area contributed by atoms with Crippen LogP contribution in [-0.2, 0) is 6.18 Å². The van der Waals surface area contributed by atoms with Gasteiger partial charge in [0.2, 0.25) is 0 Å². The number of rotatable bonds is 3. The van der Waals surface area contributed by atoms with Crippen LogP contribution in [0.3, 0.4) is 0 Å². The first kappa shape index (κ1) is 16.0. The molecule has 2 rings (SSSR count). The minimum atomic E-state index is -4.40. The maximum atomic E-state index is 12.7. The normalized spacial score (nSPS) is 16.8. The van der Waals surface area contributed by atoms with Crippen LogP contribution in [0, 0.1) is 5.92 Å². The molecule has 1 saturated heterocycles. The molecule has 1 aliphatic heterocycles. The first-order valence-electron chi connectivity index (χ1n) is 5.92. The third-order valence-electron chi connectivity index (χ3n) is 3.02. The van der Waals surface area contributed by atoms with Gasteiger partial charge in [-0.2, -0.15) is 13.2 Å². The SMILES string of the molecule is Cl.FC(F)(F)c1ccncc1OCC1CCNCC1. The van der Waals surface area contributed by atoms with E-state index < -0.39 is 11.7 Å². The van der Waals surface area contributed by atoms with E-state index in [0.717, 1.165) is 44.4 Å². The molecule has 0 bridgehead atoms. The lowest BCUT2D eigenvalue weighted by Gasteiger charge is -2.23. The molecule has 7 heteroatoms. The minimum absolute atomic E-state index is 0. The van der Waals surface area contributed by atoms with Crippen LogP contribution in [0.1, 0.15) is 18.4 Å². The van der Waals surface area contributed by atoms with E-state index >= 15 is 0 Å². The van der Waals surface area contributed by atoms with Crippen molar-refractivity contribution in [2.45, 2.75) is 19.0 Å². The summed E-state index contributed by atoms with van der Waals surface area (Å²) in [4.78, 5) is 3.69. The van der Waals surface area contributed by atoms with Crippen molar-refractivity contribution in [3.8, 4) is 5.75 Å². The number of hydrogen-bond acceptors (Lipinski definition) is 3. The summed E-state index contributed by atoms with van der Waals surface area (Å²) in [5.41, 5.74) is -0.758. The van der Waals surface area contributed by atoms with Crippen LogP contribution in [0.15, 0.2) is 18.5 Å². The van der Waals surface area contributed by atoms with Crippen LogP contribution in [0.4, 0.5) is 13.2 Å². The molecular weight excluding hydrogens is 281 g/mol. The Kier molecular flexibility index (Phi) is 5.87. The molecule has 19 heavy (non-hydrogen) atoms. The predicted octanol–water partition coefficient (Wildman–Crippen LogP) is 2.90. The maximum absolute atomic E-state index is 12.7. The van der Waals surface area contributed by atoms with Gasteiger partial charge in [0, 0.05) is 6.20 Å². The molecule has 3 nitrogen and oxygen atoms in total. The molecule has 1 fully saturated rings. The standard InChI is InChI=1S/C12H15F3N2O.ClH/c13-12(14,15)10-3-6-17-7-11(10)18-8-9-1-4-16-5-2-9;/h3,6-7,9,16H,1-2,4-5,8H2;1H. The van der Waals surface area contributed by atoms with Crippen molar-refractivity contribution in [3.05, 3.63) is 24.0 Å². The molecule has 2 heterocycles. The van der Waals surface area contributed by atoms with Gasteiger partial charge in [0.1, 0.15) is 11.3 Å². The quantitative estimate of drug-likeness (QED) is 0.931. The Morgan fingerprint density at radius 1 is 1.32 bits per heavy atom. The molecule has 1 aromatic rings. The predicted molar refractivity (Wildman–Crippen MR) is 67.6 cm³/mol. The van der Waals surface area contributed by atoms with Gasteiger partial charge in [-0.05, 0) is 37.9 Å². The number of alkyl halides is 3. The Labute approximate surface area is 116 Å². The van der Waals surface area contributed by atoms with Crippen LogP contribution in [0.5, 0.6) is 5.75 Å². The number of ether oxygens (including phenoxy) is 1.